The smallest absolute Gasteiger partial charge is 0.238 e. The predicted octanol–water partition coefficient (Wildman–Crippen LogP) is 4.39. The number of amides is 2. The van der Waals surface area contributed by atoms with Gasteiger partial charge < -0.3 is 15.5 Å². The minimum absolute atomic E-state index is 0.0524. The monoisotopic (exact) mass is 399 g/mol. The van der Waals surface area contributed by atoms with Crippen LogP contribution in [0.25, 0.3) is 0 Å². The van der Waals surface area contributed by atoms with Crippen LogP contribution in [0, 0.1) is 5.92 Å². The molecule has 1 atom stereocenters. The lowest BCUT2D eigenvalue weighted by molar-refractivity contribution is -0.117. The van der Waals surface area contributed by atoms with Crippen molar-refractivity contribution in [2.24, 2.45) is 5.92 Å². The number of rotatable bonds is 7. The van der Waals surface area contributed by atoms with E-state index in [1.807, 2.05) is 48.5 Å². The average Bonchev–Trinajstić information content (AvgIpc) is 3.09. The highest BCUT2D eigenvalue weighted by Crippen LogP contribution is 2.25. The van der Waals surface area contributed by atoms with Crippen molar-refractivity contribution in [1.29, 1.82) is 0 Å². The van der Waals surface area contributed by atoms with Crippen LogP contribution in [-0.2, 0) is 9.59 Å². The van der Waals surface area contributed by atoms with Crippen molar-refractivity contribution in [3.63, 3.8) is 0 Å². The summed E-state index contributed by atoms with van der Waals surface area (Å²) in [5.41, 5.74) is 2.62. The van der Waals surface area contributed by atoms with E-state index in [4.69, 9.17) is 11.6 Å². The molecule has 2 aromatic rings. The number of benzene rings is 2. The van der Waals surface area contributed by atoms with E-state index in [2.05, 4.69) is 24.5 Å². The maximum atomic E-state index is 12.4. The molecule has 1 heterocycles. The second-order valence-corrected chi connectivity index (χ2v) is 7.84. The zero-order valence-corrected chi connectivity index (χ0v) is 17.0. The molecule has 6 heteroatoms. The topological polar surface area (TPSA) is 61.4 Å². The van der Waals surface area contributed by atoms with Crippen LogP contribution in [0.2, 0.25) is 5.02 Å². The Hall–Kier alpha value is -2.37. The van der Waals surface area contributed by atoms with Crippen LogP contribution in [0.4, 0.5) is 11.4 Å². The third kappa shape index (κ3) is 5.12. The number of hydrogen-bond donors (Lipinski definition) is 2. The van der Waals surface area contributed by atoms with Gasteiger partial charge >= 0.3 is 0 Å². The van der Waals surface area contributed by atoms with Crippen LogP contribution in [-0.4, -0.2) is 24.9 Å². The van der Waals surface area contributed by atoms with Crippen LogP contribution < -0.4 is 15.5 Å². The van der Waals surface area contributed by atoms with E-state index in [0.29, 0.717) is 23.0 Å². The minimum atomic E-state index is -0.121. The van der Waals surface area contributed by atoms with Crippen LogP contribution >= 0.6 is 11.6 Å². The van der Waals surface area contributed by atoms with Gasteiger partial charge in [0.25, 0.3) is 0 Å². The fourth-order valence-corrected chi connectivity index (χ4v) is 3.62. The van der Waals surface area contributed by atoms with Crippen molar-refractivity contribution >= 4 is 34.8 Å². The molecule has 0 aliphatic carbocycles. The van der Waals surface area contributed by atoms with Crippen LogP contribution in [0.15, 0.2) is 48.5 Å². The first-order chi connectivity index (χ1) is 13.4. The molecule has 148 valence electrons. The van der Waals surface area contributed by atoms with Gasteiger partial charge in [-0.25, -0.2) is 0 Å². The molecule has 1 aliphatic heterocycles. The molecule has 28 heavy (non-hydrogen) atoms. The highest BCUT2D eigenvalue weighted by Gasteiger charge is 2.22. The summed E-state index contributed by atoms with van der Waals surface area (Å²) < 4.78 is 0. The molecule has 1 aliphatic rings. The molecule has 0 bridgehead atoms. The van der Waals surface area contributed by atoms with Gasteiger partial charge in [-0.1, -0.05) is 43.6 Å². The van der Waals surface area contributed by atoms with Crippen molar-refractivity contribution in [2.75, 3.05) is 23.3 Å². The second-order valence-electron chi connectivity index (χ2n) is 7.40. The largest absolute Gasteiger partial charge is 0.325 e. The molecule has 0 spiro atoms. The predicted molar refractivity (Wildman–Crippen MR) is 114 cm³/mol. The van der Waals surface area contributed by atoms with Gasteiger partial charge in [0.2, 0.25) is 11.8 Å². The van der Waals surface area contributed by atoms with E-state index in [1.54, 1.807) is 4.90 Å². The average molecular weight is 400 g/mol. The number of nitrogens with one attached hydrogen (secondary N) is 2. The fraction of sp³-hybridized carbons (Fsp3) is 0.364. The van der Waals surface area contributed by atoms with Crippen molar-refractivity contribution in [3.05, 3.63) is 59.1 Å². The molecule has 0 aromatic heterocycles. The molecular formula is C22H26ClN3O2. The summed E-state index contributed by atoms with van der Waals surface area (Å²) in [6, 6.07) is 15.2. The summed E-state index contributed by atoms with van der Waals surface area (Å²) in [6.07, 6.45) is 1.46. The van der Waals surface area contributed by atoms with Gasteiger partial charge in [0.05, 0.1) is 6.54 Å². The van der Waals surface area contributed by atoms with Gasteiger partial charge in [0, 0.05) is 35.4 Å². The minimum Gasteiger partial charge on any atom is -0.325 e. The van der Waals surface area contributed by atoms with Crippen molar-refractivity contribution < 1.29 is 9.59 Å². The maximum absolute atomic E-state index is 12.4. The Balaban J connectivity index is 1.60. The maximum Gasteiger partial charge on any atom is 0.238 e. The van der Waals surface area contributed by atoms with Gasteiger partial charge in [0.15, 0.2) is 0 Å². The Kier molecular flexibility index (Phi) is 6.70. The zero-order valence-electron chi connectivity index (χ0n) is 16.2. The molecule has 0 saturated carbocycles. The van der Waals surface area contributed by atoms with Crippen LogP contribution in [0.1, 0.15) is 38.3 Å². The third-order valence-corrected chi connectivity index (χ3v) is 5.15. The summed E-state index contributed by atoms with van der Waals surface area (Å²) >= 11 is 5.97. The Labute approximate surface area is 171 Å². The van der Waals surface area contributed by atoms with Gasteiger partial charge in [-0.05, 0) is 48.2 Å². The van der Waals surface area contributed by atoms with Crippen molar-refractivity contribution in [3.8, 4) is 0 Å². The Morgan fingerprint density at radius 1 is 1.18 bits per heavy atom. The molecule has 1 saturated heterocycles. The van der Waals surface area contributed by atoms with Crippen molar-refractivity contribution in [1.82, 2.24) is 5.32 Å². The van der Waals surface area contributed by atoms with E-state index in [0.717, 1.165) is 24.2 Å². The van der Waals surface area contributed by atoms with Gasteiger partial charge in [-0.2, -0.15) is 0 Å². The molecule has 2 N–H and O–H groups in total. The molecule has 0 radical (unpaired) electrons. The highest BCUT2D eigenvalue weighted by molar-refractivity contribution is 6.30. The molecular weight excluding hydrogens is 374 g/mol. The third-order valence-electron chi connectivity index (χ3n) is 4.89. The number of halogens is 1. The number of anilines is 2. The first-order valence-corrected chi connectivity index (χ1v) is 10.0. The molecule has 5 nitrogen and oxygen atoms in total. The van der Waals surface area contributed by atoms with Gasteiger partial charge in [-0.3, -0.25) is 9.59 Å². The van der Waals surface area contributed by atoms with Crippen LogP contribution in [0.5, 0.6) is 0 Å². The number of carbonyl (C=O) groups is 2. The van der Waals surface area contributed by atoms with E-state index in [1.165, 1.54) is 0 Å². The first kappa shape index (κ1) is 20.4. The normalized spacial score (nSPS) is 15.1. The number of hydrogen-bond acceptors (Lipinski definition) is 3. The summed E-state index contributed by atoms with van der Waals surface area (Å²) in [5, 5.41) is 6.94. The summed E-state index contributed by atoms with van der Waals surface area (Å²) in [5.74, 6) is 0.330. The lowest BCUT2D eigenvalue weighted by atomic mass is 9.96. The standard InChI is InChI=1S/C22H26ClN3O2/c1-15(2)22(16-8-10-17(23)11-9-16)24-14-20(27)25-18-5-3-6-19(13-18)26-12-4-7-21(26)28/h3,5-6,8-11,13,15,22,24H,4,7,12,14H2,1-2H3,(H,25,27). The lowest BCUT2D eigenvalue weighted by Gasteiger charge is -2.23. The highest BCUT2D eigenvalue weighted by atomic mass is 35.5. The molecule has 3 rings (SSSR count). The van der Waals surface area contributed by atoms with Crippen LogP contribution in [0.3, 0.4) is 0 Å². The van der Waals surface area contributed by atoms with Crippen molar-refractivity contribution in [2.45, 2.75) is 32.7 Å². The number of carbonyl (C=O) groups excluding carboxylic acids is 2. The summed E-state index contributed by atoms with van der Waals surface area (Å²) in [6.45, 7) is 5.15. The first-order valence-electron chi connectivity index (χ1n) is 9.63. The molecule has 1 fully saturated rings. The Bertz CT molecular complexity index is 836. The van der Waals surface area contributed by atoms with E-state index >= 15 is 0 Å². The van der Waals surface area contributed by atoms with Gasteiger partial charge in [-0.15, -0.1) is 0 Å². The summed E-state index contributed by atoms with van der Waals surface area (Å²) in [7, 11) is 0. The SMILES string of the molecule is CC(C)C(NCC(=O)Nc1cccc(N2CCCC2=O)c1)c1ccc(Cl)cc1. The zero-order chi connectivity index (χ0) is 20.1. The number of nitrogens with zero attached hydrogens (tertiary/aromatic N) is 1. The molecule has 1 unspecified atom stereocenters. The summed E-state index contributed by atoms with van der Waals surface area (Å²) in [4.78, 5) is 26.1. The molecule has 2 amide bonds. The Morgan fingerprint density at radius 3 is 2.57 bits per heavy atom. The molecule has 2 aromatic carbocycles. The fourth-order valence-electron chi connectivity index (χ4n) is 3.49. The van der Waals surface area contributed by atoms with Gasteiger partial charge in [0.1, 0.15) is 0 Å². The quantitative estimate of drug-likeness (QED) is 0.725. The van der Waals surface area contributed by atoms with E-state index in [-0.39, 0.29) is 24.4 Å². The lowest BCUT2D eigenvalue weighted by Crippen LogP contribution is -2.33. The second kappa shape index (κ2) is 9.22. The van der Waals surface area contributed by atoms with E-state index < -0.39 is 0 Å². The Morgan fingerprint density at radius 2 is 1.93 bits per heavy atom. The van der Waals surface area contributed by atoms with E-state index in [9.17, 15) is 9.59 Å².